The van der Waals surface area contributed by atoms with E-state index in [0.717, 1.165) is 18.3 Å². The average molecular weight is 292 g/mol. The van der Waals surface area contributed by atoms with Crippen LogP contribution < -0.4 is 10.5 Å². The van der Waals surface area contributed by atoms with Crippen LogP contribution in [-0.2, 0) is 9.53 Å². The molecule has 0 saturated heterocycles. The zero-order valence-electron chi connectivity index (χ0n) is 10.3. The molecule has 20 heavy (non-hydrogen) atoms. The number of amides is 1. The summed E-state index contributed by atoms with van der Waals surface area (Å²) < 4.78 is 44.7. The summed E-state index contributed by atoms with van der Waals surface area (Å²) in [5, 5.41) is 0. The van der Waals surface area contributed by atoms with Crippen molar-refractivity contribution in [1.82, 2.24) is 4.98 Å². The first-order chi connectivity index (χ1) is 9.19. The molecular weight excluding hydrogens is 281 g/mol. The number of nitrogens with zero attached hydrogens (tertiary/aromatic N) is 1. The van der Waals surface area contributed by atoms with Gasteiger partial charge in [0.15, 0.2) is 12.7 Å². The van der Waals surface area contributed by atoms with Gasteiger partial charge < -0.3 is 15.2 Å². The molecule has 0 aromatic carbocycles. The maximum atomic E-state index is 11.9. The molecule has 1 aromatic heterocycles. The lowest BCUT2D eigenvalue weighted by Gasteiger charge is -2.10. The summed E-state index contributed by atoms with van der Waals surface area (Å²) in [5.41, 5.74) is 4.86. The number of esters is 1. The van der Waals surface area contributed by atoms with Gasteiger partial charge in [-0.25, -0.2) is 9.78 Å². The van der Waals surface area contributed by atoms with Crippen LogP contribution in [-0.4, -0.2) is 35.7 Å². The van der Waals surface area contributed by atoms with E-state index >= 15 is 0 Å². The fraction of sp³-hybridized carbons (Fsp3) is 0.364. The zero-order valence-corrected chi connectivity index (χ0v) is 10.3. The molecule has 0 spiro atoms. The molecule has 0 fully saturated rings. The van der Waals surface area contributed by atoms with Gasteiger partial charge in [-0.15, -0.1) is 0 Å². The Hall–Kier alpha value is -2.32. The Bertz CT molecular complexity index is 487. The molecule has 1 heterocycles. The molecular formula is C11H11F3N2O4. The van der Waals surface area contributed by atoms with Crippen molar-refractivity contribution in [3.05, 3.63) is 23.9 Å². The number of aromatic nitrogens is 1. The normalized spacial score (nSPS) is 12.6. The van der Waals surface area contributed by atoms with Gasteiger partial charge in [-0.2, -0.15) is 13.2 Å². The van der Waals surface area contributed by atoms with Gasteiger partial charge >= 0.3 is 12.1 Å². The fourth-order valence-corrected chi connectivity index (χ4v) is 1.03. The van der Waals surface area contributed by atoms with Crippen LogP contribution in [0, 0.1) is 0 Å². The number of hydrogen-bond acceptors (Lipinski definition) is 5. The summed E-state index contributed by atoms with van der Waals surface area (Å²) >= 11 is 0. The van der Waals surface area contributed by atoms with E-state index in [9.17, 15) is 22.8 Å². The highest BCUT2D eigenvalue weighted by atomic mass is 19.4. The monoisotopic (exact) mass is 292 g/mol. The maximum Gasteiger partial charge on any atom is 0.422 e. The van der Waals surface area contributed by atoms with Gasteiger partial charge in [-0.05, 0) is 13.0 Å². The molecule has 0 unspecified atom stereocenters. The van der Waals surface area contributed by atoms with Crippen LogP contribution in [0.1, 0.15) is 17.3 Å². The van der Waals surface area contributed by atoms with Gasteiger partial charge in [-0.3, -0.25) is 4.79 Å². The van der Waals surface area contributed by atoms with Crippen molar-refractivity contribution in [3.63, 3.8) is 0 Å². The Morgan fingerprint density at radius 2 is 2.05 bits per heavy atom. The smallest absolute Gasteiger partial charge is 0.422 e. The van der Waals surface area contributed by atoms with Crippen molar-refractivity contribution in [2.75, 3.05) is 6.61 Å². The quantitative estimate of drug-likeness (QED) is 0.819. The number of carbonyl (C=O) groups is 2. The second-order valence-corrected chi connectivity index (χ2v) is 3.74. The van der Waals surface area contributed by atoms with Crippen LogP contribution in [0.2, 0.25) is 0 Å². The minimum atomic E-state index is -4.48. The fourth-order valence-electron chi connectivity index (χ4n) is 1.03. The minimum Gasteiger partial charge on any atom is -0.468 e. The summed E-state index contributed by atoms with van der Waals surface area (Å²) in [6.07, 6.45) is -4.62. The molecule has 110 valence electrons. The Morgan fingerprint density at radius 1 is 1.40 bits per heavy atom. The van der Waals surface area contributed by atoms with E-state index in [1.807, 2.05) is 0 Å². The van der Waals surface area contributed by atoms with E-state index < -0.39 is 30.8 Å². The first-order valence-electron chi connectivity index (χ1n) is 5.35. The molecule has 0 aliphatic carbocycles. The molecule has 0 bridgehead atoms. The zero-order chi connectivity index (χ0) is 15.3. The number of rotatable bonds is 5. The third-order valence-corrected chi connectivity index (χ3v) is 2.04. The number of carbonyl (C=O) groups excluding carboxylic acids is 2. The Balaban J connectivity index is 2.62. The van der Waals surface area contributed by atoms with E-state index in [4.69, 9.17) is 5.73 Å². The number of pyridine rings is 1. The van der Waals surface area contributed by atoms with Crippen LogP contribution in [0.25, 0.3) is 0 Å². The number of nitrogens with two attached hydrogens (primary N) is 1. The molecule has 1 aromatic rings. The lowest BCUT2D eigenvalue weighted by Crippen LogP contribution is -2.30. The molecule has 1 rings (SSSR count). The second-order valence-electron chi connectivity index (χ2n) is 3.74. The SMILES string of the molecule is C[C@@H](OC(=O)c1ccc(OCC(F)(F)F)nc1)C(N)=O. The predicted octanol–water partition coefficient (Wildman–Crippen LogP) is 1.05. The van der Waals surface area contributed by atoms with E-state index in [1.165, 1.54) is 6.92 Å². The summed E-state index contributed by atoms with van der Waals surface area (Å²) in [4.78, 5) is 25.7. The Kier molecular flexibility index (Phi) is 4.89. The third-order valence-electron chi connectivity index (χ3n) is 2.04. The van der Waals surface area contributed by atoms with E-state index in [-0.39, 0.29) is 11.4 Å². The molecule has 0 saturated carbocycles. The van der Waals surface area contributed by atoms with Gasteiger partial charge in [0.05, 0.1) is 5.56 Å². The predicted molar refractivity (Wildman–Crippen MR) is 59.9 cm³/mol. The van der Waals surface area contributed by atoms with Crippen molar-refractivity contribution in [2.45, 2.75) is 19.2 Å². The third kappa shape index (κ3) is 5.12. The minimum absolute atomic E-state index is 0.0440. The van der Waals surface area contributed by atoms with Crippen molar-refractivity contribution >= 4 is 11.9 Å². The lowest BCUT2D eigenvalue weighted by molar-refractivity contribution is -0.154. The molecule has 1 atom stereocenters. The maximum absolute atomic E-state index is 11.9. The lowest BCUT2D eigenvalue weighted by atomic mass is 10.3. The molecule has 2 N–H and O–H groups in total. The first-order valence-corrected chi connectivity index (χ1v) is 5.35. The van der Waals surface area contributed by atoms with Crippen molar-refractivity contribution in [2.24, 2.45) is 5.73 Å². The number of alkyl halides is 3. The molecule has 0 aliphatic heterocycles. The van der Waals surface area contributed by atoms with E-state index in [0.29, 0.717) is 0 Å². The highest BCUT2D eigenvalue weighted by Gasteiger charge is 2.28. The van der Waals surface area contributed by atoms with Gasteiger partial charge in [0.1, 0.15) is 0 Å². The number of halogens is 3. The Labute approximate surface area is 111 Å². The van der Waals surface area contributed by atoms with Gasteiger partial charge in [-0.1, -0.05) is 0 Å². The van der Waals surface area contributed by atoms with Gasteiger partial charge in [0, 0.05) is 12.3 Å². The van der Waals surface area contributed by atoms with Crippen LogP contribution >= 0.6 is 0 Å². The molecule has 0 radical (unpaired) electrons. The molecule has 6 nitrogen and oxygen atoms in total. The molecule has 9 heteroatoms. The van der Waals surface area contributed by atoms with Crippen LogP contribution in [0.15, 0.2) is 18.3 Å². The first kappa shape index (κ1) is 15.7. The van der Waals surface area contributed by atoms with Crippen molar-refractivity contribution in [3.8, 4) is 5.88 Å². The largest absolute Gasteiger partial charge is 0.468 e. The second kappa shape index (κ2) is 6.22. The van der Waals surface area contributed by atoms with Crippen LogP contribution in [0.3, 0.4) is 0 Å². The van der Waals surface area contributed by atoms with Crippen molar-refractivity contribution < 1.29 is 32.2 Å². The Morgan fingerprint density at radius 3 is 2.50 bits per heavy atom. The number of primary amides is 1. The highest BCUT2D eigenvalue weighted by Crippen LogP contribution is 2.17. The van der Waals surface area contributed by atoms with Crippen molar-refractivity contribution in [1.29, 1.82) is 0 Å². The standard InChI is InChI=1S/C11H11F3N2O4/c1-6(9(15)17)20-10(18)7-2-3-8(16-4-7)19-5-11(12,13)14/h2-4,6H,5H2,1H3,(H2,15,17)/t6-/m1/s1. The van der Waals surface area contributed by atoms with Crippen LogP contribution in [0.5, 0.6) is 5.88 Å². The topological polar surface area (TPSA) is 91.5 Å². The summed E-state index contributed by atoms with van der Waals surface area (Å²) in [7, 11) is 0. The van der Waals surface area contributed by atoms with Gasteiger partial charge in [0.25, 0.3) is 5.91 Å². The summed E-state index contributed by atoms with van der Waals surface area (Å²) in [5.74, 6) is -1.98. The summed E-state index contributed by atoms with van der Waals surface area (Å²) in [6, 6.07) is 2.24. The van der Waals surface area contributed by atoms with Gasteiger partial charge in [0.2, 0.25) is 5.88 Å². The van der Waals surface area contributed by atoms with E-state index in [2.05, 4.69) is 14.5 Å². The van der Waals surface area contributed by atoms with Crippen LogP contribution in [0.4, 0.5) is 13.2 Å². The molecule has 1 amide bonds. The molecule has 0 aliphatic rings. The van der Waals surface area contributed by atoms with E-state index in [1.54, 1.807) is 0 Å². The summed E-state index contributed by atoms with van der Waals surface area (Å²) in [6.45, 7) is -0.197. The number of hydrogen-bond donors (Lipinski definition) is 1. The average Bonchev–Trinajstić information content (AvgIpc) is 2.35. The number of ether oxygens (including phenoxy) is 2. The highest BCUT2D eigenvalue weighted by molar-refractivity contribution is 5.91.